The number of imidazole rings is 1. The van der Waals surface area contributed by atoms with E-state index >= 15 is 0 Å². The molecule has 0 unspecified atom stereocenters. The van der Waals surface area contributed by atoms with E-state index in [0.29, 0.717) is 5.92 Å². The van der Waals surface area contributed by atoms with Crippen molar-refractivity contribution < 1.29 is 9.53 Å². The van der Waals surface area contributed by atoms with Gasteiger partial charge in [-0.25, -0.2) is 4.98 Å². The van der Waals surface area contributed by atoms with Crippen molar-refractivity contribution in [1.82, 2.24) is 14.9 Å². The Kier molecular flexibility index (Phi) is 10.5. The number of benzene rings is 2. The Hall–Kier alpha value is -2.82. The minimum absolute atomic E-state index is 0.254. The number of carbonyl (C=O) groups excluding carboxylic acids is 1. The van der Waals surface area contributed by atoms with Crippen LogP contribution in [0.1, 0.15) is 95.4 Å². The van der Waals surface area contributed by atoms with Crippen molar-refractivity contribution in [3.8, 4) is 5.75 Å². The van der Waals surface area contributed by atoms with E-state index in [1.807, 2.05) is 0 Å². The van der Waals surface area contributed by atoms with Crippen LogP contribution in [0.4, 0.5) is 0 Å². The third-order valence-corrected chi connectivity index (χ3v) is 7.66. The Morgan fingerprint density at radius 1 is 0.973 bits per heavy atom. The van der Waals surface area contributed by atoms with Crippen LogP contribution in [0.15, 0.2) is 48.5 Å². The predicted octanol–water partition coefficient (Wildman–Crippen LogP) is 7.43. The van der Waals surface area contributed by atoms with Gasteiger partial charge in [0.1, 0.15) is 11.6 Å². The SMILES string of the molecule is CC(C)c1ccccc1OCCCCn1c(CCCCCNC(=O)C2CCCCC2)nc2ccccc21. The zero-order valence-electron chi connectivity index (χ0n) is 22.9. The Balaban J connectivity index is 1.21. The zero-order chi connectivity index (χ0) is 25.9. The summed E-state index contributed by atoms with van der Waals surface area (Å²) in [6.07, 6.45) is 12.1. The van der Waals surface area contributed by atoms with Crippen molar-refractivity contribution in [2.24, 2.45) is 5.92 Å². The fourth-order valence-corrected chi connectivity index (χ4v) is 5.51. The van der Waals surface area contributed by atoms with Crippen molar-refractivity contribution in [1.29, 1.82) is 0 Å². The molecule has 1 fully saturated rings. The van der Waals surface area contributed by atoms with Crippen LogP contribution >= 0.6 is 0 Å². The quantitative estimate of drug-likeness (QED) is 0.233. The Morgan fingerprint density at radius 3 is 2.59 bits per heavy atom. The number of hydrogen-bond donors (Lipinski definition) is 1. The van der Waals surface area contributed by atoms with Crippen LogP contribution in [0.5, 0.6) is 5.75 Å². The molecule has 1 amide bonds. The number of amides is 1. The lowest BCUT2D eigenvalue weighted by Gasteiger charge is -2.20. The first-order valence-electron chi connectivity index (χ1n) is 14.6. The molecule has 5 nitrogen and oxygen atoms in total. The van der Waals surface area contributed by atoms with Gasteiger partial charge in [0.2, 0.25) is 5.91 Å². The van der Waals surface area contributed by atoms with Crippen molar-refractivity contribution >= 4 is 16.9 Å². The molecule has 200 valence electrons. The molecule has 37 heavy (non-hydrogen) atoms. The van der Waals surface area contributed by atoms with E-state index < -0.39 is 0 Å². The van der Waals surface area contributed by atoms with E-state index in [0.717, 1.165) is 82.3 Å². The van der Waals surface area contributed by atoms with Gasteiger partial charge in [-0.3, -0.25) is 4.79 Å². The molecule has 0 atom stereocenters. The number of fused-ring (bicyclic) bond motifs is 1. The number of aromatic nitrogens is 2. The largest absolute Gasteiger partial charge is 0.493 e. The van der Waals surface area contributed by atoms with Gasteiger partial charge < -0.3 is 14.6 Å². The average Bonchev–Trinajstić information content (AvgIpc) is 3.28. The van der Waals surface area contributed by atoms with Gasteiger partial charge in [0.25, 0.3) is 0 Å². The Labute approximate surface area is 223 Å². The molecule has 4 rings (SSSR count). The van der Waals surface area contributed by atoms with Crippen molar-refractivity contribution in [2.75, 3.05) is 13.2 Å². The molecule has 1 aliphatic rings. The molecule has 1 N–H and O–H groups in total. The van der Waals surface area contributed by atoms with Crippen LogP contribution in [0.3, 0.4) is 0 Å². The van der Waals surface area contributed by atoms with E-state index in [-0.39, 0.29) is 11.8 Å². The molecule has 0 spiro atoms. The van der Waals surface area contributed by atoms with Gasteiger partial charge in [-0.1, -0.05) is 69.9 Å². The van der Waals surface area contributed by atoms with E-state index in [1.54, 1.807) is 0 Å². The summed E-state index contributed by atoms with van der Waals surface area (Å²) in [7, 11) is 0. The van der Waals surface area contributed by atoms with Gasteiger partial charge in [-0.15, -0.1) is 0 Å². The standard InChI is InChI=1S/C32H45N3O2/c1-25(2)27-17-8-11-20-30(27)37-24-14-13-23-35-29-19-10-9-18-28(29)34-31(35)21-7-4-12-22-33-32(36)26-15-5-3-6-16-26/h8-11,17-20,25-26H,3-7,12-16,21-24H2,1-2H3,(H,33,36). The lowest BCUT2D eigenvalue weighted by Crippen LogP contribution is -2.32. The molecule has 0 bridgehead atoms. The van der Waals surface area contributed by atoms with Crippen LogP contribution in [0.2, 0.25) is 0 Å². The zero-order valence-corrected chi connectivity index (χ0v) is 22.9. The van der Waals surface area contributed by atoms with Gasteiger partial charge in [0.15, 0.2) is 0 Å². The van der Waals surface area contributed by atoms with Crippen LogP contribution in [0.25, 0.3) is 11.0 Å². The number of rotatable bonds is 14. The molecule has 1 heterocycles. The highest BCUT2D eigenvalue weighted by Gasteiger charge is 2.20. The first-order chi connectivity index (χ1) is 18.1. The summed E-state index contributed by atoms with van der Waals surface area (Å²) in [4.78, 5) is 17.3. The van der Waals surface area contributed by atoms with Crippen molar-refractivity contribution in [3.63, 3.8) is 0 Å². The monoisotopic (exact) mass is 503 g/mol. The lowest BCUT2D eigenvalue weighted by molar-refractivity contribution is -0.125. The maximum absolute atomic E-state index is 12.3. The van der Waals surface area contributed by atoms with Crippen LogP contribution in [-0.4, -0.2) is 28.6 Å². The number of para-hydroxylation sites is 3. The van der Waals surface area contributed by atoms with Crippen molar-refractivity contribution in [2.45, 2.75) is 96.9 Å². The number of ether oxygens (including phenoxy) is 1. The topological polar surface area (TPSA) is 56.1 Å². The second-order valence-corrected chi connectivity index (χ2v) is 10.9. The molecule has 1 saturated carbocycles. The van der Waals surface area contributed by atoms with Gasteiger partial charge in [0, 0.05) is 25.4 Å². The average molecular weight is 504 g/mol. The first kappa shape index (κ1) is 27.2. The van der Waals surface area contributed by atoms with Gasteiger partial charge in [0.05, 0.1) is 17.6 Å². The van der Waals surface area contributed by atoms with Crippen LogP contribution in [-0.2, 0) is 17.8 Å². The first-order valence-corrected chi connectivity index (χ1v) is 14.6. The molecular formula is C32H45N3O2. The summed E-state index contributed by atoms with van der Waals surface area (Å²) in [5, 5.41) is 3.17. The number of aryl methyl sites for hydroxylation is 2. The van der Waals surface area contributed by atoms with Crippen LogP contribution < -0.4 is 10.1 Å². The maximum atomic E-state index is 12.3. The van der Waals surface area contributed by atoms with Gasteiger partial charge in [-0.2, -0.15) is 0 Å². The lowest BCUT2D eigenvalue weighted by atomic mass is 9.89. The van der Waals surface area contributed by atoms with E-state index in [4.69, 9.17) is 9.72 Å². The number of nitrogens with zero attached hydrogens (tertiary/aromatic N) is 2. The summed E-state index contributed by atoms with van der Waals surface area (Å²) < 4.78 is 8.54. The molecule has 0 saturated heterocycles. The number of unbranched alkanes of at least 4 members (excludes halogenated alkanes) is 3. The fraction of sp³-hybridized carbons (Fsp3) is 0.562. The van der Waals surface area contributed by atoms with E-state index in [9.17, 15) is 4.79 Å². The minimum Gasteiger partial charge on any atom is -0.493 e. The molecule has 0 radical (unpaired) electrons. The highest BCUT2D eigenvalue weighted by atomic mass is 16.5. The fourth-order valence-electron chi connectivity index (χ4n) is 5.51. The summed E-state index contributed by atoms with van der Waals surface area (Å²) in [6.45, 7) is 6.91. The third kappa shape index (κ3) is 7.83. The Bertz CT molecular complexity index is 1110. The molecule has 2 aromatic carbocycles. The smallest absolute Gasteiger partial charge is 0.223 e. The minimum atomic E-state index is 0.254. The normalized spacial score (nSPS) is 14.4. The predicted molar refractivity (Wildman–Crippen MR) is 152 cm³/mol. The van der Waals surface area contributed by atoms with Gasteiger partial charge >= 0.3 is 0 Å². The number of carbonyl (C=O) groups is 1. The number of nitrogens with one attached hydrogen (secondary N) is 1. The summed E-state index contributed by atoms with van der Waals surface area (Å²) in [5.41, 5.74) is 3.58. The molecule has 1 aromatic heterocycles. The molecular weight excluding hydrogens is 458 g/mol. The summed E-state index contributed by atoms with van der Waals surface area (Å²) in [5.74, 6) is 3.19. The van der Waals surface area contributed by atoms with E-state index in [2.05, 4.69) is 72.3 Å². The third-order valence-electron chi connectivity index (χ3n) is 7.66. The second-order valence-electron chi connectivity index (χ2n) is 10.9. The highest BCUT2D eigenvalue weighted by Crippen LogP contribution is 2.26. The molecule has 5 heteroatoms. The number of hydrogen-bond acceptors (Lipinski definition) is 3. The summed E-state index contributed by atoms with van der Waals surface area (Å²) >= 11 is 0. The molecule has 0 aliphatic heterocycles. The van der Waals surface area contributed by atoms with Crippen LogP contribution in [0, 0.1) is 5.92 Å². The van der Waals surface area contributed by atoms with E-state index in [1.165, 1.54) is 36.2 Å². The highest BCUT2D eigenvalue weighted by molar-refractivity contribution is 5.78. The second kappa shape index (κ2) is 14.2. The summed E-state index contributed by atoms with van der Waals surface area (Å²) in [6, 6.07) is 16.8. The maximum Gasteiger partial charge on any atom is 0.223 e. The Morgan fingerprint density at radius 2 is 1.76 bits per heavy atom. The van der Waals surface area contributed by atoms with Crippen molar-refractivity contribution in [3.05, 3.63) is 59.9 Å². The molecule has 1 aliphatic carbocycles. The van der Waals surface area contributed by atoms with Gasteiger partial charge in [-0.05, 0) is 68.2 Å². The molecule has 3 aromatic rings.